The van der Waals surface area contributed by atoms with Crippen molar-refractivity contribution in [2.45, 2.75) is 25.9 Å². The third-order valence-electron chi connectivity index (χ3n) is 3.65. The fourth-order valence-electron chi connectivity index (χ4n) is 2.34. The number of carbonyl (C=O) groups is 1. The van der Waals surface area contributed by atoms with E-state index in [1.807, 2.05) is 12.1 Å². The first-order valence-electron chi connectivity index (χ1n) is 8.00. The van der Waals surface area contributed by atoms with Crippen LogP contribution in [0.4, 0.5) is 0 Å². The molecule has 7 heteroatoms. The Kier molecular flexibility index (Phi) is 5.36. The minimum absolute atomic E-state index is 0.0629. The predicted octanol–water partition coefficient (Wildman–Crippen LogP) is 1.99. The molecule has 0 fully saturated rings. The Hall–Kier alpha value is -3.22. The Balaban J connectivity index is 1.51. The highest BCUT2D eigenvalue weighted by atomic mass is 16.3. The molecule has 0 bridgehead atoms. The number of hydrogen-bond donors (Lipinski definition) is 1. The molecule has 0 aliphatic carbocycles. The van der Waals surface area contributed by atoms with Crippen molar-refractivity contribution in [2.24, 2.45) is 0 Å². The van der Waals surface area contributed by atoms with Crippen LogP contribution in [-0.2, 0) is 17.9 Å². The second kappa shape index (κ2) is 8.05. The average Bonchev–Trinajstić information content (AvgIpc) is 3.17. The lowest BCUT2D eigenvalue weighted by molar-refractivity contribution is -0.121. The Morgan fingerprint density at radius 3 is 2.76 bits per heavy atom. The molecule has 1 N–H and O–H groups in total. The zero-order chi connectivity index (χ0) is 17.5. The van der Waals surface area contributed by atoms with Gasteiger partial charge in [0.1, 0.15) is 5.69 Å². The molecule has 128 valence electrons. The lowest BCUT2D eigenvalue weighted by Crippen LogP contribution is -2.25. The normalized spacial score (nSPS) is 10.6. The highest BCUT2D eigenvalue weighted by Crippen LogP contribution is 2.15. The van der Waals surface area contributed by atoms with E-state index in [1.165, 1.54) is 10.7 Å². The lowest BCUT2D eigenvalue weighted by atomic mass is 10.2. The van der Waals surface area contributed by atoms with Gasteiger partial charge in [-0.25, -0.2) is 4.68 Å². The van der Waals surface area contributed by atoms with Crippen LogP contribution < -0.4 is 10.9 Å². The summed E-state index contributed by atoms with van der Waals surface area (Å²) in [5.74, 6) is 0.538. The summed E-state index contributed by atoms with van der Waals surface area (Å²) < 4.78 is 6.64. The predicted molar refractivity (Wildman–Crippen MR) is 91.5 cm³/mol. The highest BCUT2D eigenvalue weighted by Gasteiger charge is 2.07. The molecule has 0 aliphatic heterocycles. The van der Waals surface area contributed by atoms with Crippen LogP contribution in [0.25, 0.3) is 11.5 Å². The second-order valence-electron chi connectivity index (χ2n) is 5.49. The van der Waals surface area contributed by atoms with Crippen LogP contribution in [0.5, 0.6) is 0 Å². The van der Waals surface area contributed by atoms with Gasteiger partial charge in [0.15, 0.2) is 5.76 Å². The molecule has 0 atom stereocenters. The lowest BCUT2D eigenvalue weighted by Gasteiger charge is -2.07. The van der Waals surface area contributed by atoms with Crippen LogP contribution in [-0.4, -0.2) is 20.7 Å². The molecule has 0 aromatic carbocycles. The van der Waals surface area contributed by atoms with Crippen LogP contribution in [0.15, 0.2) is 64.3 Å². The summed E-state index contributed by atoms with van der Waals surface area (Å²) in [5.41, 5.74) is 1.38. The quantitative estimate of drug-likeness (QED) is 0.711. The van der Waals surface area contributed by atoms with Crippen molar-refractivity contribution in [3.05, 3.63) is 71.0 Å². The van der Waals surface area contributed by atoms with E-state index in [2.05, 4.69) is 15.4 Å². The van der Waals surface area contributed by atoms with Crippen molar-refractivity contribution in [1.82, 2.24) is 20.1 Å². The van der Waals surface area contributed by atoms with Gasteiger partial charge in [-0.15, -0.1) is 0 Å². The van der Waals surface area contributed by atoms with E-state index < -0.39 is 0 Å². The first kappa shape index (κ1) is 16.6. The van der Waals surface area contributed by atoms with Crippen LogP contribution in [0, 0.1) is 0 Å². The van der Waals surface area contributed by atoms with Gasteiger partial charge in [-0.3, -0.25) is 14.6 Å². The van der Waals surface area contributed by atoms with Crippen molar-refractivity contribution in [2.75, 3.05) is 0 Å². The first-order chi connectivity index (χ1) is 12.2. The van der Waals surface area contributed by atoms with Gasteiger partial charge in [0, 0.05) is 38.0 Å². The molecule has 3 rings (SSSR count). The van der Waals surface area contributed by atoms with Gasteiger partial charge < -0.3 is 9.73 Å². The zero-order valence-corrected chi connectivity index (χ0v) is 13.6. The molecule has 0 unspecified atom stereocenters. The van der Waals surface area contributed by atoms with E-state index in [0.717, 1.165) is 5.56 Å². The molecule has 0 saturated carbocycles. The molecule has 0 radical (unpaired) electrons. The third kappa shape index (κ3) is 4.63. The van der Waals surface area contributed by atoms with Crippen LogP contribution >= 0.6 is 0 Å². The van der Waals surface area contributed by atoms with E-state index in [-0.39, 0.29) is 11.5 Å². The Morgan fingerprint density at radius 1 is 1.16 bits per heavy atom. The molecule has 0 saturated heterocycles. The maximum Gasteiger partial charge on any atom is 0.266 e. The molecule has 0 spiro atoms. The van der Waals surface area contributed by atoms with Gasteiger partial charge in [-0.1, -0.05) is 0 Å². The maximum absolute atomic E-state index is 11.9. The highest BCUT2D eigenvalue weighted by molar-refractivity contribution is 5.75. The van der Waals surface area contributed by atoms with E-state index in [0.29, 0.717) is 37.4 Å². The van der Waals surface area contributed by atoms with Crippen molar-refractivity contribution in [1.29, 1.82) is 0 Å². The topological polar surface area (TPSA) is 90.0 Å². The molecule has 3 aromatic rings. The van der Waals surface area contributed by atoms with E-state index in [4.69, 9.17) is 4.42 Å². The van der Waals surface area contributed by atoms with Gasteiger partial charge in [0.05, 0.1) is 6.26 Å². The molecule has 0 aliphatic rings. The van der Waals surface area contributed by atoms with Crippen molar-refractivity contribution in [3.8, 4) is 11.5 Å². The Morgan fingerprint density at radius 2 is 2.00 bits per heavy atom. The number of aromatic nitrogens is 3. The fraction of sp³-hybridized carbons (Fsp3) is 0.222. The van der Waals surface area contributed by atoms with Gasteiger partial charge in [0.2, 0.25) is 5.91 Å². The number of furan rings is 1. The average molecular weight is 338 g/mol. The minimum Gasteiger partial charge on any atom is -0.463 e. The number of rotatable bonds is 7. The van der Waals surface area contributed by atoms with Gasteiger partial charge in [0.25, 0.3) is 5.56 Å². The summed E-state index contributed by atoms with van der Waals surface area (Å²) in [4.78, 5) is 27.7. The molecule has 25 heavy (non-hydrogen) atoms. The minimum atomic E-state index is -0.201. The summed E-state index contributed by atoms with van der Waals surface area (Å²) >= 11 is 0. The monoisotopic (exact) mass is 338 g/mol. The zero-order valence-electron chi connectivity index (χ0n) is 13.6. The molecule has 3 aromatic heterocycles. The standard InChI is InChI=1S/C18H18N4O3/c23-17(20-13-14-7-9-19-10-8-14)4-1-11-22-18(24)6-5-15(21-22)16-3-2-12-25-16/h2-3,5-10,12H,1,4,11,13H2,(H,20,23). The summed E-state index contributed by atoms with van der Waals surface area (Å²) in [6.07, 6.45) is 5.78. The number of nitrogens with one attached hydrogen (secondary N) is 1. The number of hydrogen-bond acceptors (Lipinski definition) is 5. The first-order valence-corrected chi connectivity index (χ1v) is 8.00. The van der Waals surface area contributed by atoms with Crippen molar-refractivity contribution >= 4 is 5.91 Å². The summed E-state index contributed by atoms with van der Waals surface area (Å²) in [6.45, 7) is 0.837. The van der Waals surface area contributed by atoms with Gasteiger partial charge in [-0.2, -0.15) is 5.10 Å². The van der Waals surface area contributed by atoms with Gasteiger partial charge >= 0.3 is 0 Å². The Labute approximate surface area is 144 Å². The maximum atomic E-state index is 11.9. The van der Waals surface area contributed by atoms with E-state index >= 15 is 0 Å². The van der Waals surface area contributed by atoms with Crippen LogP contribution in [0.2, 0.25) is 0 Å². The number of carbonyl (C=O) groups excluding carboxylic acids is 1. The number of amides is 1. The SMILES string of the molecule is O=C(CCCn1nc(-c2ccco2)ccc1=O)NCc1ccncc1. The van der Waals surface area contributed by atoms with Crippen LogP contribution in [0.1, 0.15) is 18.4 Å². The largest absolute Gasteiger partial charge is 0.463 e. The molecule has 1 amide bonds. The second-order valence-corrected chi connectivity index (χ2v) is 5.49. The van der Waals surface area contributed by atoms with E-state index in [1.54, 1.807) is 36.9 Å². The molecule has 3 heterocycles. The smallest absolute Gasteiger partial charge is 0.266 e. The summed E-state index contributed by atoms with van der Waals surface area (Å²) in [5, 5.41) is 7.12. The summed E-state index contributed by atoms with van der Waals surface area (Å²) in [7, 11) is 0. The number of aryl methyl sites for hydroxylation is 1. The van der Waals surface area contributed by atoms with Crippen molar-refractivity contribution in [3.63, 3.8) is 0 Å². The van der Waals surface area contributed by atoms with Crippen molar-refractivity contribution < 1.29 is 9.21 Å². The number of nitrogens with zero attached hydrogens (tertiary/aromatic N) is 3. The fourth-order valence-corrected chi connectivity index (χ4v) is 2.34. The van der Waals surface area contributed by atoms with Crippen LogP contribution in [0.3, 0.4) is 0 Å². The molecular weight excluding hydrogens is 320 g/mol. The van der Waals surface area contributed by atoms with Gasteiger partial charge in [-0.05, 0) is 42.3 Å². The number of pyridine rings is 1. The molecule has 7 nitrogen and oxygen atoms in total. The Bertz CT molecular complexity index is 873. The summed E-state index contributed by atoms with van der Waals surface area (Å²) in [6, 6.07) is 10.3. The molecular formula is C18H18N4O3. The third-order valence-corrected chi connectivity index (χ3v) is 3.65. The van der Waals surface area contributed by atoms with E-state index in [9.17, 15) is 9.59 Å².